The van der Waals surface area contributed by atoms with Crippen LogP contribution in [-0.2, 0) is 0 Å². The molecule has 12 heavy (non-hydrogen) atoms. The van der Waals surface area contributed by atoms with E-state index in [4.69, 9.17) is 5.26 Å². The zero-order valence-electron chi connectivity index (χ0n) is 6.78. The van der Waals surface area contributed by atoms with Crippen molar-refractivity contribution in [3.05, 3.63) is 0 Å². The second-order valence-corrected chi connectivity index (χ2v) is 2.58. The Kier molecular flexibility index (Phi) is 4.67. The number of nitrogens with zero attached hydrogens (tertiary/aromatic N) is 1. The van der Waals surface area contributed by atoms with Gasteiger partial charge in [-0.15, -0.1) is 0 Å². The first kappa shape index (κ1) is 11.2. The first-order chi connectivity index (χ1) is 5.45. The molecule has 0 aromatic rings. The summed E-state index contributed by atoms with van der Waals surface area (Å²) in [6, 6.07) is 1.23. The van der Waals surface area contributed by atoms with Crippen molar-refractivity contribution in [3.8, 4) is 6.07 Å². The number of halogens is 3. The highest BCUT2D eigenvalue weighted by Crippen LogP contribution is 2.21. The van der Waals surface area contributed by atoms with Gasteiger partial charge in [0.2, 0.25) is 0 Å². The normalized spacial score (nSPS) is 13.9. The van der Waals surface area contributed by atoms with E-state index in [1.807, 2.05) is 6.07 Å². The van der Waals surface area contributed by atoms with Crippen LogP contribution in [-0.4, -0.2) is 18.8 Å². The van der Waals surface area contributed by atoms with Crippen LogP contribution in [0.4, 0.5) is 13.2 Å². The fourth-order valence-electron chi connectivity index (χ4n) is 0.794. The van der Waals surface area contributed by atoms with Gasteiger partial charge in [-0.1, -0.05) is 0 Å². The predicted octanol–water partition coefficient (Wildman–Crippen LogP) is 1.83. The number of hydrogen-bond donors (Lipinski definition) is 1. The van der Waals surface area contributed by atoms with E-state index in [0.29, 0.717) is 6.54 Å². The molecule has 2 nitrogen and oxygen atoms in total. The van der Waals surface area contributed by atoms with Crippen molar-refractivity contribution in [2.45, 2.75) is 32.0 Å². The molecule has 0 saturated heterocycles. The number of nitrogens with one attached hydrogen (secondary N) is 1. The molecule has 0 aromatic carbocycles. The lowest BCUT2D eigenvalue weighted by Crippen LogP contribution is -2.31. The van der Waals surface area contributed by atoms with Crippen LogP contribution in [0.3, 0.4) is 0 Å². The van der Waals surface area contributed by atoms with E-state index >= 15 is 0 Å². The molecule has 0 radical (unpaired) electrons. The van der Waals surface area contributed by atoms with Gasteiger partial charge in [-0.2, -0.15) is 18.4 Å². The number of rotatable bonds is 4. The van der Waals surface area contributed by atoms with Gasteiger partial charge in [0, 0.05) is 19.0 Å². The van der Waals surface area contributed by atoms with Crippen molar-refractivity contribution in [2.75, 3.05) is 6.54 Å². The highest BCUT2D eigenvalue weighted by atomic mass is 19.4. The molecule has 0 aliphatic heterocycles. The van der Waals surface area contributed by atoms with Crippen molar-refractivity contribution < 1.29 is 13.2 Å². The second-order valence-electron chi connectivity index (χ2n) is 2.58. The summed E-state index contributed by atoms with van der Waals surface area (Å²) < 4.78 is 35.1. The Morgan fingerprint density at radius 2 is 2.08 bits per heavy atom. The smallest absolute Gasteiger partial charge is 0.313 e. The fourth-order valence-corrected chi connectivity index (χ4v) is 0.794. The fraction of sp³-hybridized carbons (Fsp3) is 0.857. The maximum Gasteiger partial charge on any atom is 0.390 e. The van der Waals surface area contributed by atoms with E-state index in [1.54, 1.807) is 0 Å². The lowest BCUT2D eigenvalue weighted by atomic mass is 10.2. The summed E-state index contributed by atoms with van der Waals surface area (Å²) in [7, 11) is 0. The minimum absolute atomic E-state index is 0.238. The maximum atomic E-state index is 11.7. The molecule has 0 amide bonds. The van der Waals surface area contributed by atoms with Crippen LogP contribution in [0.5, 0.6) is 0 Å². The summed E-state index contributed by atoms with van der Waals surface area (Å²) in [6.45, 7) is 1.76. The van der Waals surface area contributed by atoms with Gasteiger partial charge in [0.1, 0.15) is 0 Å². The number of hydrogen-bond acceptors (Lipinski definition) is 2. The van der Waals surface area contributed by atoms with E-state index in [9.17, 15) is 13.2 Å². The molecule has 0 aliphatic rings. The summed E-state index contributed by atoms with van der Waals surface area (Å²) in [6.07, 6.45) is -4.74. The van der Waals surface area contributed by atoms with Gasteiger partial charge in [-0.25, -0.2) is 0 Å². The Morgan fingerprint density at radius 3 is 2.50 bits per heavy atom. The average molecular weight is 180 g/mol. The second kappa shape index (κ2) is 4.99. The lowest BCUT2D eigenvalue weighted by Gasteiger charge is -2.14. The van der Waals surface area contributed by atoms with E-state index in [-0.39, 0.29) is 6.42 Å². The number of alkyl halides is 3. The summed E-state index contributed by atoms with van der Waals surface area (Å²) in [5.41, 5.74) is 0. The van der Waals surface area contributed by atoms with Gasteiger partial charge >= 0.3 is 6.18 Å². The summed E-state index contributed by atoms with van der Waals surface area (Å²) in [4.78, 5) is 0. The summed E-state index contributed by atoms with van der Waals surface area (Å²) >= 11 is 0. The molecule has 1 unspecified atom stereocenters. The molecule has 0 aliphatic carbocycles. The van der Waals surface area contributed by atoms with Crippen LogP contribution in [0, 0.1) is 11.3 Å². The molecular weight excluding hydrogens is 169 g/mol. The SMILES string of the molecule is CC(CC(F)(F)F)NCCC#N. The summed E-state index contributed by atoms with van der Waals surface area (Å²) in [5.74, 6) is 0. The van der Waals surface area contributed by atoms with Gasteiger partial charge in [-0.05, 0) is 6.92 Å². The molecule has 0 heterocycles. The van der Waals surface area contributed by atoms with Crippen molar-refractivity contribution in [1.29, 1.82) is 5.26 Å². The van der Waals surface area contributed by atoms with Crippen LogP contribution in [0.15, 0.2) is 0 Å². The molecule has 0 saturated carbocycles. The van der Waals surface area contributed by atoms with Crippen LogP contribution in [0.25, 0.3) is 0 Å². The largest absolute Gasteiger partial charge is 0.390 e. The van der Waals surface area contributed by atoms with Gasteiger partial charge < -0.3 is 5.32 Å². The quantitative estimate of drug-likeness (QED) is 0.670. The Bertz CT molecular complexity index is 159. The first-order valence-electron chi connectivity index (χ1n) is 3.63. The molecule has 1 atom stereocenters. The van der Waals surface area contributed by atoms with Crippen molar-refractivity contribution in [3.63, 3.8) is 0 Å². The predicted molar refractivity (Wildman–Crippen MR) is 38.4 cm³/mol. The minimum Gasteiger partial charge on any atom is -0.313 e. The maximum absolute atomic E-state index is 11.7. The van der Waals surface area contributed by atoms with Gasteiger partial charge in [0.15, 0.2) is 0 Å². The van der Waals surface area contributed by atoms with E-state index < -0.39 is 18.6 Å². The molecular formula is C7H11F3N2. The van der Waals surface area contributed by atoms with Crippen LogP contribution < -0.4 is 5.32 Å². The monoisotopic (exact) mass is 180 g/mol. The van der Waals surface area contributed by atoms with Crippen molar-refractivity contribution in [1.82, 2.24) is 5.32 Å². The Hall–Kier alpha value is -0.760. The topological polar surface area (TPSA) is 35.8 Å². The van der Waals surface area contributed by atoms with Gasteiger partial charge in [0.05, 0.1) is 12.5 Å². The zero-order chi connectivity index (χ0) is 9.61. The van der Waals surface area contributed by atoms with Gasteiger partial charge in [0.25, 0.3) is 0 Å². The average Bonchev–Trinajstić information content (AvgIpc) is 1.84. The Labute approximate surface area is 69.4 Å². The number of nitriles is 1. The molecule has 0 aromatic heterocycles. The minimum atomic E-state index is -4.13. The third-order valence-corrected chi connectivity index (χ3v) is 1.27. The third-order valence-electron chi connectivity index (χ3n) is 1.27. The van der Waals surface area contributed by atoms with E-state index in [2.05, 4.69) is 5.32 Å². The van der Waals surface area contributed by atoms with Crippen LogP contribution >= 0.6 is 0 Å². The molecule has 1 N–H and O–H groups in total. The molecule has 5 heteroatoms. The first-order valence-corrected chi connectivity index (χ1v) is 3.63. The van der Waals surface area contributed by atoms with Gasteiger partial charge in [-0.3, -0.25) is 0 Å². The highest BCUT2D eigenvalue weighted by Gasteiger charge is 2.29. The molecule has 0 fully saturated rings. The standard InChI is InChI=1S/C7H11F3N2/c1-6(5-7(8,9)10)12-4-2-3-11/h6,12H,2,4-5H2,1H3. The Morgan fingerprint density at radius 1 is 1.50 bits per heavy atom. The lowest BCUT2D eigenvalue weighted by molar-refractivity contribution is -0.138. The third kappa shape index (κ3) is 7.35. The van der Waals surface area contributed by atoms with E-state index in [1.165, 1.54) is 6.92 Å². The van der Waals surface area contributed by atoms with E-state index in [0.717, 1.165) is 0 Å². The molecule has 0 rings (SSSR count). The highest BCUT2D eigenvalue weighted by molar-refractivity contribution is 4.73. The van der Waals surface area contributed by atoms with Crippen LogP contribution in [0.2, 0.25) is 0 Å². The van der Waals surface area contributed by atoms with Crippen molar-refractivity contribution >= 4 is 0 Å². The molecule has 70 valence electrons. The van der Waals surface area contributed by atoms with Crippen molar-refractivity contribution in [2.24, 2.45) is 0 Å². The molecule has 0 bridgehead atoms. The Balaban J connectivity index is 3.48. The summed E-state index contributed by atoms with van der Waals surface area (Å²) in [5, 5.41) is 10.7. The molecule has 0 spiro atoms. The van der Waals surface area contributed by atoms with Crippen LogP contribution in [0.1, 0.15) is 19.8 Å². The zero-order valence-corrected chi connectivity index (χ0v) is 6.78.